The minimum atomic E-state index is -0.307. The third-order valence-corrected chi connectivity index (χ3v) is 2.99. The highest BCUT2D eigenvalue weighted by Gasteiger charge is 2.12. The molecule has 2 rings (SSSR count). The minimum Gasteiger partial charge on any atom is -0.320 e. The van der Waals surface area contributed by atoms with E-state index < -0.39 is 0 Å². The van der Waals surface area contributed by atoms with Gasteiger partial charge in [-0.2, -0.15) is 0 Å². The van der Waals surface area contributed by atoms with Crippen molar-refractivity contribution in [1.29, 1.82) is 0 Å². The molecule has 1 amide bonds. The number of para-hydroxylation sites is 1. The van der Waals surface area contributed by atoms with Crippen molar-refractivity contribution in [3.8, 4) is 0 Å². The van der Waals surface area contributed by atoms with E-state index in [1.54, 1.807) is 0 Å². The zero-order valence-corrected chi connectivity index (χ0v) is 11.5. The van der Waals surface area contributed by atoms with Crippen LogP contribution in [0.1, 0.15) is 28.5 Å². The number of nitrogens with two attached hydrogens (primary N) is 1. The number of carbonyl (C=O) groups is 1. The summed E-state index contributed by atoms with van der Waals surface area (Å²) in [5.41, 5.74) is 5.50. The Labute approximate surface area is 117 Å². The second-order valence-corrected chi connectivity index (χ2v) is 4.35. The molecule has 0 atom stereocenters. The molecular weight excluding hydrogens is 254 g/mol. The zero-order valence-electron chi connectivity index (χ0n) is 11.5. The lowest BCUT2D eigenvalue weighted by atomic mass is 10.1. The molecule has 0 aliphatic heterocycles. The Morgan fingerprint density at radius 2 is 2.15 bits per heavy atom. The number of carbonyl (C=O) groups excluding carboxylic acids is 1. The number of hydrazine groups is 1. The molecule has 0 unspecified atom stereocenters. The van der Waals surface area contributed by atoms with Crippen LogP contribution in [0.2, 0.25) is 0 Å². The molecule has 0 bridgehead atoms. The number of anilines is 2. The van der Waals surface area contributed by atoms with Crippen molar-refractivity contribution in [3.05, 3.63) is 47.4 Å². The highest BCUT2D eigenvalue weighted by atomic mass is 16.1. The van der Waals surface area contributed by atoms with E-state index in [9.17, 15) is 4.79 Å². The van der Waals surface area contributed by atoms with Crippen molar-refractivity contribution in [2.45, 2.75) is 20.3 Å². The van der Waals surface area contributed by atoms with E-state index in [1.807, 2.05) is 32.0 Å². The summed E-state index contributed by atoms with van der Waals surface area (Å²) in [7, 11) is 0. The Morgan fingerprint density at radius 3 is 2.85 bits per heavy atom. The van der Waals surface area contributed by atoms with Crippen molar-refractivity contribution < 1.29 is 4.79 Å². The number of nitrogens with zero attached hydrogens (tertiary/aromatic N) is 2. The molecule has 6 nitrogen and oxygen atoms in total. The third kappa shape index (κ3) is 2.92. The Bertz CT molecular complexity index is 627. The minimum absolute atomic E-state index is 0.214. The maximum atomic E-state index is 12.2. The second-order valence-electron chi connectivity index (χ2n) is 4.35. The first-order valence-electron chi connectivity index (χ1n) is 6.34. The highest BCUT2D eigenvalue weighted by Crippen LogP contribution is 2.21. The summed E-state index contributed by atoms with van der Waals surface area (Å²) < 4.78 is 0. The van der Waals surface area contributed by atoms with E-state index in [4.69, 9.17) is 5.84 Å². The van der Waals surface area contributed by atoms with Gasteiger partial charge in [-0.25, -0.2) is 10.8 Å². The molecule has 1 aromatic carbocycles. The number of nitrogen functional groups attached to an aromatic ring is 1. The van der Waals surface area contributed by atoms with Crippen LogP contribution < -0.4 is 16.6 Å². The number of rotatable bonds is 4. The summed E-state index contributed by atoms with van der Waals surface area (Å²) in [6.45, 7) is 4.00. The van der Waals surface area contributed by atoms with E-state index >= 15 is 0 Å². The molecule has 0 fully saturated rings. The SMILES string of the molecule is CCc1cccc(C)c1NC(=O)c1cncc(NN)n1. The topological polar surface area (TPSA) is 92.9 Å². The van der Waals surface area contributed by atoms with Crippen LogP contribution in [0.25, 0.3) is 0 Å². The lowest BCUT2D eigenvalue weighted by Crippen LogP contribution is -2.18. The fourth-order valence-electron chi connectivity index (χ4n) is 1.92. The molecule has 1 heterocycles. The number of aromatic nitrogens is 2. The van der Waals surface area contributed by atoms with Gasteiger partial charge in [0.2, 0.25) is 0 Å². The van der Waals surface area contributed by atoms with Gasteiger partial charge in [-0.1, -0.05) is 25.1 Å². The van der Waals surface area contributed by atoms with Gasteiger partial charge in [0.25, 0.3) is 5.91 Å². The van der Waals surface area contributed by atoms with Crippen molar-refractivity contribution in [1.82, 2.24) is 9.97 Å². The average molecular weight is 271 g/mol. The van der Waals surface area contributed by atoms with Gasteiger partial charge in [0.15, 0.2) is 5.82 Å². The Balaban J connectivity index is 2.27. The van der Waals surface area contributed by atoms with Crippen LogP contribution in [-0.4, -0.2) is 15.9 Å². The lowest BCUT2D eigenvalue weighted by molar-refractivity contribution is 0.102. The smallest absolute Gasteiger partial charge is 0.275 e. The van der Waals surface area contributed by atoms with Crippen molar-refractivity contribution in [3.63, 3.8) is 0 Å². The summed E-state index contributed by atoms with van der Waals surface area (Å²) in [6.07, 6.45) is 3.69. The maximum Gasteiger partial charge on any atom is 0.275 e. The summed E-state index contributed by atoms with van der Waals surface area (Å²) in [6, 6.07) is 5.92. The van der Waals surface area contributed by atoms with Gasteiger partial charge in [-0.15, -0.1) is 0 Å². The van der Waals surface area contributed by atoms with Gasteiger partial charge in [-0.3, -0.25) is 9.78 Å². The second kappa shape index (κ2) is 6.12. The first-order chi connectivity index (χ1) is 9.65. The highest BCUT2D eigenvalue weighted by molar-refractivity contribution is 6.03. The molecule has 104 valence electrons. The van der Waals surface area contributed by atoms with Crippen molar-refractivity contribution in [2.24, 2.45) is 5.84 Å². The van der Waals surface area contributed by atoms with Crippen LogP contribution in [-0.2, 0) is 6.42 Å². The standard InChI is InChI=1S/C14H17N5O/c1-3-10-6-4-5-9(2)13(10)18-14(20)11-7-16-8-12(17-11)19-15/h4-8H,3,15H2,1-2H3,(H,17,19)(H,18,20). The largest absolute Gasteiger partial charge is 0.320 e. The van der Waals surface area contributed by atoms with Crippen LogP contribution >= 0.6 is 0 Å². The van der Waals surface area contributed by atoms with E-state index in [0.717, 1.165) is 23.2 Å². The maximum absolute atomic E-state index is 12.2. The summed E-state index contributed by atoms with van der Waals surface area (Å²) >= 11 is 0. The van der Waals surface area contributed by atoms with Gasteiger partial charge in [0.05, 0.1) is 12.4 Å². The molecule has 2 aromatic rings. The molecule has 0 saturated carbocycles. The molecule has 0 aliphatic rings. The fraction of sp³-hybridized carbons (Fsp3) is 0.214. The van der Waals surface area contributed by atoms with Crippen LogP contribution in [0.4, 0.5) is 11.5 Å². The summed E-state index contributed by atoms with van der Waals surface area (Å²) in [4.78, 5) is 20.2. The summed E-state index contributed by atoms with van der Waals surface area (Å²) in [5, 5.41) is 2.89. The van der Waals surface area contributed by atoms with Gasteiger partial charge in [0, 0.05) is 5.69 Å². The molecule has 0 spiro atoms. The monoisotopic (exact) mass is 271 g/mol. The number of amides is 1. The van der Waals surface area contributed by atoms with E-state index in [-0.39, 0.29) is 11.6 Å². The number of benzene rings is 1. The van der Waals surface area contributed by atoms with Crippen LogP contribution in [0, 0.1) is 6.92 Å². The first-order valence-corrected chi connectivity index (χ1v) is 6.34. The zero-order chi connectivity index (χ0) is 14.5. The van der Waals surface area contributed by atoms with Gasteiger partial charge < -0.3 is 10.7 Å². The molecular formula is C14H17N5O. The Kier molecular flexibility index (Phi) is 4.27. The lowest BCUT2D eigenvalue weighted by Gasteiger charge is -2.12. The van der Waals surface area contributed by atoms with E-state index in [0.29, 0.717) is 5.82 Å². The van der Waals surface area contributed by atoms with Crippen molar-refractivity contribution >= 4 is 17.4 Å². The van der Waals surface area contributed by atoms with Crippen LogP contribution in [0.3, 0.4) is 0 Å². The molecule has 4 N–H and O–H groups in total. The van der Waals surface area contributed by atoms with Crippen LogP contribution in [0.5, 0.6) is 0 Å². The quantitative estimate of drug-likeness (QED) is 0.583. The van der Waals surface area contributed by atoms with E-state index in [2.05, 4.69) is 20.7 Å². The normalized spacial score (nSPS) is 10.2. The van der Waals surface area contributed by atoms with Crippen molar-refractivity contribution in [2.75, 3.05) is 10.7 Å². The average Bonchev–Trinajstić information content (AvgIpc) is 2.49. The molecule has 6 heteroatoms. The predicted octanol–water partition coefficient (Wildman–Crippen LogP) is 1.89. The Morgan fingerprint density at radius 1 is 1.35 bits per heavy atom. The number of nitrogens with one attached hydrogen (secondary N) is 2. The molecule has 0 radical (unpaired) electrons. The van der Waals surface area contributed by atoms with Gasteiger partial charge in [0.1, 0.15) is 5.69 Å². The summed E-state index contributed by atoms with van der Waals surface area (Å²) in [5.74, 6) is 5.30. The van der Waals surface area contributed by atoms with E-state index in [1.165, 1.54) is 12.4 Å². The molecule has 1 aromatic heterocycles. The Hall–Kier alpha value is -2.47. The molecule has 0 saturated heterocycles. The van der Waals surface area contributed by atoms with Gasteiger partial charge in [-0.05, 0) is 24.5 Å². The number of hydrogen-bond donors (Lipinski definition) is 3. The van der Waals surface area contributed by atoms with Gasteiger partial charge >= 0.3 is 0 Å². The predicted molar refractivity (Wildman–Crippen MR) is 78.4 cm³/mol. The number of hydrogen-bond acceptors (Lipinski definition) is 5. The first kappa shape index (κ1) is 14.0. The molecule has 20 heavy (non-hydrogen) atoms. The van der Waals surface area contributed by atoms with Crippen LogP contribution in [0.15, 0.2) is 30.6 Å². The fourth-order valence-corrected chi connectivity index (χ4v) is 1.92. The molecule has 0 aliphatic carbocycles. The number of aryl methyl sites for hydroxylation is 2. The third-order valence-electron chi connectivity index (χ3n) is 2.99.